The standard InChI is InChI=1S/C16H11NO2/c18-11-14-6-3-9-17(16(14)19)15-8-7-12-4-1-2-5-13(12)10-15/h1-11H. The monoisotopic (exact) mass is 249 g/mol. The van der Waals surface area contributed by atoms with Crippen molar-refractivity contribution in [3.63, 3.8) is 0 Å². The third-order valence-electron chi connectivity index (χ3n) is 3.11. The van der Waals surface area contributed by atoms with Crippen LogP contribution in [-0.4, -0.2) is 10.9 Å². The molecule has 0 unspecified atom stereocenters. The molecule has 3 nitrogen and oxygen atoms in total. The number of carbonyl (C=O) groups is 1. The molecule has 92 valence electrons. The molecule has 0 bridgehead atoms. The predicted octanol–water partition coefficient (Wildman–Crippen LogP) is 2.80. The zero-order valence-electron chi connectivity index (χ0n) is 10.1. The van der Waals surface area contributed by atoms with Gasteiger partial charge in [0.25, 0.3) is 5.56 Å². The van der Waals surface area contributed by atoms with Crippen molar-refractivity contribution in [2.75, 3.05) is 0 Å². The maximum atomic E-state index is 12.1. The number of rotatable bonds is 2. The van der Waals surface area contributed by atoms with E-state index in [4.69, 9.17) is 0 Å². The highest BCUT2D eigenvalue weighted by molar-refractivity contribution is 5.84. The van der Waals surface area contributed by atoms with Gasteiger partial charge in [0.1, 0.15) is 0 Å². The van der Waals surface area contributed by atoms with E-state index in [-0.39, 0.29) is 11.1 Å². The third kappa shape index (κ3) is 1.95. The van der Waals surface area contributed by atoms with Gasteiger partial charge in [-0.25, -0.2) is 0 Å². The smallest absolute Gasteiger partial charge is 0.265 e. The first-order valence-electron chi connectivity index (χ1n) is 5.95. The second-order valence-corrected chi connectivity index (χ2v) is 4.29. The molecule has 0 radical (unpaired) electrons. The van der Waals surface area contributed by atoms with E-state index in [0.29, 0.717) is 6.29 Å². The molecular formula is C16H11NO2. The van der Waals surface area contributed by atoms with Crippen LogP contribution in [0.1, 0.15) is 10.4 Å². The van der Waals surface area contributed by atoms with Crippen molar-refractivity contribution < 1.29 is 4.79 Å². The fourth-order valence-corrected chi connectivity index (χ4v) is 2.13. The summed E-state index contributed by atoms with van der Waals surface area (Å²) in [5.74, 6) is 0. The first kappa shape index (κ1) is 11.4. The molecule has 3 heteroatoms. The Bertz CT molecular complexity index is 818. The van der Waals surface area contributed by atoms with Crippen molar-refractivity contribution >= 4 is 17.1 Å². The van der Waals surface area contributed by atoms with Crippen LogP contribution in [0.15, 0.2) is 65.6 Å². The fraction of sp³-hybridized carbons (Fsp3) is 0. The molecule has 0 aliphatic rings. The van der Waals surface area contributed by atoms with Crippen LogP contribution in [0.25, 0.3) is 16.5 Å². The Hall–Kier alpha value is -2.68. The maximum Gasteiger partial charge on any atom is 0.265 e. The van der Waals surface area contributed by atoms with Gasteiger partial charge in [-0.3, -0.25) is 14.2 Å². The van der Waals surface area contributed by atoms with E-state index in [1.807, 2.05) is 42.5 Å². The molecule has 19 heavy (non-hydrogen) atoms. The summed E-state index contributed by atoms with van der Waals surface area (Å²) in [7, 11) is 0. The highest BCUT2D eigenvalue weighted by Crippen LogP contribution is 2.17. The lowest BCUT2D eigenvalue weighted by molar-refractivity contribution is 0.112. The second kappa shape index (κ2) is 4.53. The first-order valence-corrected chi connectivity index (χ1v) is 5.95. The molecule has 0 spiro atoms. The van der Waals surface area contributed by atoms with Crippen LogP contribution in [0.4, 0.5) is 0 Å². The summed E-state index contributed by atoms with van der Waals surface area (Å²) in [6, 6.07) is 16.9. The maximum absolute atomic E-state index is 12.1. The van der Waals surface area contributed by atoms with Crippen LogP contribution in [0.3, 0.4) is 0 Å². The van der Waals surface area contributed by atoms with Gasteiger partial charge in [-0.2, -0.15) is 0 Å². The topological polar surface area (TPSA) is 39.1 Å². The Balaban J connectivity index is 2.25. The molecule has 2 aromatic carbocycles. The summed E-state index contributed by atoms with van der Waals surface area (Å²) in [4.78, 5) is 22.9. The molecule has 0 amide bonds. The molecule has 0 atom stereocenters. The quantitative estimate of drug-likeness (QED) is 0.655. The SMILES string of the molecule is O=Cc1cccn(-c2ccc3ccccc3c2)c1=O. The summed E-state index contributed by atoms with van der Waals surface area (Å²) in [5, 5.41) is 2.18. The Morgan fingerprint density at radius 3 is 2.47 bits per heavy atom. The molecule has 0 fully saturated rings. The molecule has 3 rings (SSSR count). The van der Waals surface area contributed by atoms with Crippen molar-refractivity contribution in [2.45, 2.75) is 0 Å². The van der Waals surface area contributed by atoms with Crippen molar-refractivity contribution in [3.05, 3.63) is 76.7 Å². The Morgan fingerprint density at radius 2 is 1.68 bits per heavy atom. The number of aldehydes is 1. The summed E-state index contributed by atoms with van der Waals surface area (Å²) < 4.78 is 1.48. The van der Waals surface area contributed by atoms with Crippen LogP contribution in [0.2, 0.25) is 0 Å². The molecule has 1 heterocycles. The van der Waals surface area contributed by atoms with Crippen molar-refractivity contribution in [1.29, 1.82) is 0 Å². The summed E-state index contributed by atoms with van der Waals surface area (Å²) >= 11 is 0. The summed E-state index contributed by atoms with van der Waals surface area (Å²) in [6.45, 7) is 0. The van der Waals surface area contributed by atoms with Crippen molar-refractivity contribution in [1.82, 2.24) is 4.57 Å². The molecule has 0 N–H and O–H groups in total. The zero-order chi connectivity index (χ0) is 13.2. The predicted molar refractivity (Wildman–Crippen MR) is 74.9 cm³/mol. The van der Waals surface area contributed by atoms with E-state index in [9.17, 15) is 9.59 Å². The first-order chi connectivity index (χ1) is 9.29. The van der Waals surface area contributed by atoms with Gasteiger partial charge < -0.3 is 0 Å². The second-order valence-electron chi connectivity index (χ2n) is 4.29. The molecule has 0 saturated heterocycles. The molecule has 0 aliphatic carbocycles. The summed E-state index contributed by atoms with van der Waals surface area (Å²) in [6.07, 6.45) is 2.25. The Labute approximate surface area is 109 Å². The molecule has 1 aromatic heterocycles. The van der Waals surface area contributed by atoms with E-state index < -0.39 is 0 Å². The van der Waals surface area contributed by atoms with Gasteiger partial charge in [-0.05, 0) is 35.0 Å². The lowest BCUT2D eigenvalue weighted by atomic mass is 10.1. The average Bonchev–Trinajstić information content (AvgIpc) is 2.47. The zero-order valence-corrected chi connectivity index (χ0v) is 10.1. The van der Waals surface area contributed by atoms with Gasteiger partial charge in [-0.15, -0.1) is 0 Å². The number of fused-ring (bicyclic) bond motifs is 1. The van der Waals surface area contributed by atoms with Gasteiger partial charge in [0.15, 0.2) is 6.29 Å². The van der Waals surface area contributed by atoms with E-state index in [1.54, 1.807) is 12.3 Å². The number of carbonyl (C=O) groups excluding carboxylic acids is 1. The van der Waals surface area contributed by atoms with Gasteiger partial charge in [0.2, 0.25) is 0 Å². The van der Waals surface area contributed by atoms with E-state index in [0.717, 1.165) is 16.5 Å². The van der Waals surface area contributed by atoms with Crippen molar-refractivity contribution in [2.24, 2.45) is 0 Å². The van der Waals surface area contributed by atoms with Gasteiger partial charge in [-0.1, -0.05) is 30.3 Å². The number of benzene rings is 2. The minimum atomic E-state index is -0.298. The molecule has 0 saturated carbocycles. The number of nitrogens with zero attached hydrogens (tertiary/aromatic N) is 1. The number of hydrogen-bond acceptors (Lipinski definition) is 2. The Kier molecular flexibility index (Phi) is 2.72. The third-order valence-corrected chi connectivity index (χ3v) is 3.11. The normalized spacial score (nSPS) is 10.5. The van der Waals surface area contributed by atoms with E-state index >= 15 is 0 Å². The lowest BCUT2D eigenvalue weighted by Gasteiger charge is -2.07. The van der Waals surface area contributed by atoms with Crippen LogP contribution in [0, 0.1) is 0 Å². The number of aromatic nitrogens is 1. The van der Waals surface area contributed by atoms with Crippen LogP contribution in [0.5, 0.6) is 0 Å². The minimum Gasteiger partial charge on any atom is -0.298 e. The minimum absolute atomic E-state index is 0.163. The molecular weight excluding hydrogens is 238 g/mol. The molecule has 0 aliphatic heterocycles. The van der Waals surface area contributed by atoms with Gasteiger partial charge >= 0.3 is 0 Å². The molecule has 3 aromatic rings. The van der Waals surface area contributed by atoms with Gasteiger partial charge in [0, 0.05) is 11.9 Å². The van der Waals surface area contributed by atoms with E-state index in [1.165, 1.54) is 10.6 Å². The van der Waals surface area contributed by atoms with Crippen LogP contribution in [-0.2, 0) is 0 Å². The van der Waals surface area contributed by atoms with Crippen molar-refractivity contribution in [3.8, 4) is 5.69 Å². The highest BCUT2D eigenvalue weighted by Gasteiger charge is 2.04. The van der Waals surface area contributed by atoms with Gasteiger partial charge in [0.05, 0.1) is 5.56 Å². The Morgan fingerprint density at radius 1 is 0.895 bits per heavy atom. The largest absolute Gasteiger partial charge is 0.298 e. The highest BCUT2D eigenvalue weighted by atomic mass is 16.1. The average molecular weight is 249 g/mol. The van der Waals surface area contributed by atoms with Crippen LogP contribution >= 0.6 is 0 Å². The number of hydrogen-bond donors (Lipinski definition) is 0. The van der Waals surface area contributed by atoms with E-state index in [2.05, 4.69) is 0 Å². The van der Waals surface area contributed by atoms with Crippen LogP contribution < -0.4 is 5.56 Å². The fourth-order valence-electron chi connectivity index (χ4n) is 2.13. The lowest BCUT2D eigenvalue weighted by Crippen LogP contribution is -2.20. The summed E-state index contributed by atoms with van der Waals surface area (Å²) in [5.41, 5.74) is 0.621. The number of pyridine rings is 1.